The Kier molecular flexibility index (Phi) is 5.00. The molecule has 1 aromatic heterocycles. The van der Waals surface area contributed by atoms with E-state index in [-0.39, 0.29) is 12.5 Å². The zero-order valence-electron chi connectivity index (χ0n) is 14.6. The molecule has 2 bridgehead atoms. The first kappa shape index (κ1) is 16.9. The van der Waals surface area contributed by atoms with Gasteiger partial charge in [0.2, 0.25) is 5.91 Å². The zero-order valence-corrected chi connectivity index (χ0v) is 14.6. The number of amides is 1. The highest BCUT2D eigenvalue weighted by molar-refractivity contribution is 5.79. The summed E-state index contributed by atoms with van der Waals surface area (Å²) in [6.45, 7) is 5.64. The van der Waals surface area contributed by atoms with Crippen LogP contribution in [0.15, 0.2) is 6.20 Å². The lowest BCUT2D eigenvalue weighted by molar-refractivity contribution is -0.148. The highest BCUT2D eigenvalue weighted by Crippen LogP contribution is 2.37. The predicted octanol–water partition coefficient (Wildman–Crippen LogP) is -0.618. The smallest absolute Gasteiger partial charge is 0.227 e. The lowest BCUT2D eigenvalue weighted by Gasteiger charge is -2.50. The second kappa shape index (κ2) is 7.39. The van der Waals surface area contributed by atoms with Crippen LogP contribution in [0.25, 0.3) is 0 Å². The molecule has 8 nitrogen and oxygen atoms in total. The van der Waals surface area contributed by atoms with Crippen molar-refractivity contribution in [3.05, 3.63) is 11.9 Å². The third kappa shape index (κ3) is 3.56. The molecule has 4 aliphatic rings. The first-order chi connectivity index (χ1) is 12.2. The van der Waals surface area contributed by atoms with Crippen molar-refractivity contribution < 1.29 is 14.6 Å². The van der Waals surface area contributed by atoms with E-state index < -0.39 is 0 Å². The minimum atomic E-state index is 0.0989. The Morgan fingerprint density at radius 1 is 1.32 bits per heavy atom. The van der Waals surface area contributed by atoms with E-state index in [0.717, 1.165) is 51.3 Å². The highest BCUT2D eigenvalue weighted by Gasteiger charge is 2.44. The van der Waals surface area contributed by atoms with Crippen LogP contribution in [-0.4, -0.2) is 87.8 Å². The summed E-state index contributed by atoms with van der Waals surface area (Å²) in [6, 6.07) is 0.427. The Hall–Kier alpha value is -1.51. The van der Waals surface area contributed by atoms with E-state index in [4.69, 9.17) is 9.84 Å². The Balaban J connectivity index is 1.37. The summed E-state index contributed by atoms with van der Waals surface area (Å²) < 4.78 is 7.25. The van der Waals surface area contributed by atoms with E-state index in [1.807, 2.05) is 15.8 Å². The van der Waals surface area contributed by atoms with E-state index in [1.165, 1.54) is 0 Å². The monoisotopic (exact) mass is 349 g/mol. The van der Waals surface area contributed by atoms with Gasteiger partial charge in [0.15, 0.2) is 0 Å². The van der Waals surface area contributed by atoms with Gasteiger partial charge in [-0.1, -0.05) is 5.21 Å². The van der Waals surface area contributed by atoms with Crippen LogP contribution in [0.1, 0.15) is 18.5 Å². The van der Waals surface area contributed by atoms with Crippen molar-refractivity contribution in [2.45, 2.75) is 31.8 Å². The molecule has 4 atom stereocenters. The lowest BCUT2D eigenvalue weighted by Crippen LogP contribution is -2.59. The SMILES string of the molecule is O=C([C@H]1CN2CC[C@@H]1C[C@@H]2Cn1cc(CCO)nn1)N1CCOCC1. The summed E-state index contributed by atoms with van der Waals surface area (Å²) in [6.07, 6.45) is 4.64. The van der Waals surface area contributed by atoms with Crippen molar-refractivity contribution >= 4 is 5.91 Å². The Labute approximate surface area is 147 Å². The van der Waals surface area contributed by atoms with Crippen LogP contribution in [0.2, 0.25) is 0 Å². The van der Waals surface area contributed by atoms with Gasteiger partial charge >= 0.3 is 0 Å². The molecule has 0 saturated carbocycles. The molecule has 1 unspecified atom stereocenters. The number of ether oxygens (including phenoxy) is 1. The summed E-state index contributed by atoms with van der Waals surface area (Å²) in [5.41, 5.74) is 0.832. The molecule has 0 radical (unpaired) electrons. The van der Waals surface area contributed by atoms with Crippen LogP contribution in [-0.2, 0) is 22.5 Å². The fraction of sp³-hybridized carbons (Fsp3) is 0.824. The topological polar surface area (TPSA) is 83.7 Å². The number of fused-ring (bicyclic) bond motifs is 3. The molecule has 1 N–H and O–H groups in total. The number of aliphatic hydroxyl groups excluding tert-OH is 1. The number of morpholine rings is 1. The van der Waals surface area contributed by atoms with E-state index in [1.54, 1.807) is 0 Å². The van der Waals surface area contributed by atoms with E-state index >= 15 is 0 Å². The molecule has 1 aromatic rings. The lowest BCUT2D eigenvalue weighted by atomic mass is 9.75. The van der Waals surface area contributed by atoms with Crippen molar-refractivity contribution in [1.29, 1.82) is 0 Å². The summed E-state index contributed by atoms with van der Waals surface area (Å²) in [5, 5.41) is 17.3. The maximum Gasteiger partial charge on any atom is 0.227 e. The molecule has 0 aromatic carbocycles. The van der Waals surface area contributed by atoms with Gasteiger partial charge in [0.1, 0.15) is 0 Å². The van der Waals surface area contributed by atoms with Gasteiger partial charge in [0, 0.05) is 44.9 Å². The number of rotatable bonds is 5. The van der Waals surface area contributed by atoms with Gasteiger partial charge in [-0.25, -0.2) is 0 Å². The molecule has 5 heterocycles. The molecule has 0 spiro atoms. The maximum absolute atomic E-state index is 12.9. The van der Waals surface area contributed by atoms with Crippen LogP contribution in [0.5, 0.6) is 0 Å². The minimum Gasteiger partial charge on any atom is -0.396 e. The fourth-order valence-corrected chi connectivity index (χ4v) is 4.50. The molecule has 4 aliphatic heterocycles. The number of aliphatic hydroxyl groups is 1. The molecule has 5 rings (SSSR count). The molecule has 1 amide bonds. The van der Waals surface area contributed by atoms with Gasteiger partial charge in [0.05, 0.1) is 31.4 Å². The molecule has 138 valence electrons. The van der Waals surface area contributed by atoms with Crippen LogP contribution in [0.4, 0.5) is 0 Å². The Morgan fingerprint density at radius 3 is 2.88 bits per heavy atom. The highest BCUT2D eigenvalue weighted by atomic mass is 16.5. The van der Waals surface area contributed by atoms with Crippen LogP contribution < -0.4 is 0 Å². The van der Waals surface area contributed by atoms with Crippen molar-refractivity contribution in [3.8, 4) is 0 Å². The number of hydrogen-bond donors (Lipinski definition) is 1. The molecule has 4 fully saturated rings. The molecule has 0 aliphatic carbocycles. The van der Waals surface area contributed by atoms with Crippen molar-refractivity contribution in [2.75, 3.05) is 46.0 Å². The molecular formula is C17H27N5O3. The summed E-state index contributed by atoms with van der Waals surface area (Å²) >= 11 is 0. The summed E-state index contributed by atoms with van der Waals surface area (Å²) in [4.78, 5) is 17.3. The second-order valence-electron chi connectivity index (χ2n) is 7.38. The van der Waals surface area contributed by atoms with Crippen LogP contribution in [0.3, 0.4) is 0 Å². The Bertz CT molecular complexity index is 601. The van der Waals surface area contributed by atoms with Gasteiger partial charge in [-0.15, -0.1) is 5.10 Å². The Morgan fingerprint density at radius 2 is 2.16 bits per heavy atom. The number of hydrogen-bond acceptors (Lipinski definition) is 6. The van der Waals surface area contributed by atoms with Gasteiger partial charge in [-0.2, -0.15) is 0 Å². The number of piperidine rings is 3. The fourth-order valence-electron chi connectivity index (χ4n) is 4.50. The normalized spacial score (nSPS) is 32.1. The molecular weight excluding hydrogens is 322 g/mol. The van der Waals surface area contributed by atoms with Crippen molar-refractivity contribution in [3.63, 3.8) is 0 Å². The summed E-state index contributed by atoms with van der Waals surface area (Å²) in [7, 11) is 0. The maximum atomic E-state index is 12.9. The minimum absolute atomic E-state index is 0.0989. The van der Waals surface area contributed by atoms with Crippen LogP contribution in [0, 0.1) is 11.8 Å². The van der Waals surface area contributed by atoms with E-state index in [2.05, 4.69) is 15.2 Å². The average molecular weight is 349 g/mol. The van der Waals surface area contributed by atoms with Crippen molar-refractivity contribution in [2.24, 2.45) is 11.8 Å². The van der Waals surface area contributed by atoms with Crippen LogP contribution >= 0.6 is 0 Å². The number of carbonyl (C=O) groups is 1. The molecule has 25 heavy (non-hydrogen) atoms. The first-order valence-corrected chi connectivity index (χ1v) is 9.35. The predicted molar refractivity (Wildman–Crippen MR) is 89.8 cm³/mol. The van der Waals surface area contributed by atoms with Gasteiger partial charge in [-0.05, 0) is 25.3 Å². The third-order valence-electron chi connectivity index (χ3n) is 5.87. The zero-order chi connectivity index (χ0) is 17.2. The average Bonchev–Trinajstić information content (AvgIpc) is 3.10. The second-order valence-corrected chi connectivity index (χ2v) is 7.38. The quantitative estimate of drug-likeness (QED) is 0.763. The largest absolute Gasteiger partial charge is 0.396 e. The summed E-state index contributed by atoms with van der Waals surface area (Å²) in [5.74, 6) is 0.942. The van der Waals surface area contributed by atoms with Crippen molar-refractivity contribution in [1.82, 2.24) is 24.8 Å². The van der Waals surface area contributed by atoms with E-state index in [0.29, 0.717) is 37.5 Å². The van der Waals surface area contributed by atoms with Gasteiger partial charge < -0.3 is 14.7 Å². The number of nitrogens with zero attached hydrogens (tertiary/aromatic N) is 5. The standard InChI is InChI=1S/C17H27N5O3/c23-6-2-14-10-22(19-18-14)11-15-9-13-1-3-21(15)12-16(13)17(24)20-4-7-25-8-5-20/h10,13,15-16,23H,1-9,11-12H2/t13-,15-,16+/m1/s1. The van der Waals surface area contributed by atoms with Gasteiger partial charge in [-0.3, -0.25) is 14.4 Å². The first-order valence-electron chi connectivity index (χ1n) is 9.35. The number of carbonyl (C=O) groups excluding carboxylic acids is 1. The molecule has 4 saturated heterocycles. The number of aromatic nitrogens is 3. The van der Waals surface area contributed by atoms with E-state index in [9.17, 15) is 4.79 Å². The third-order valence-corrected chi connectivity index (χ3v) is 5.87. The molecule has 8 heteroatoms. The van der Waals surface area contributed by atoms with Gasteiger partial charge in [0.25, 0.3) is 0 Å².